The van der Waals surface area contributed by atoms with Crippen molar-refractivity contribution in [3.05, 3.63) is 65.7 Å². The van der Waals surface area contributed by atoms with Gasteiger partial charge in [-0.3, -0.25) is 0 Å². The van der Waals surface area contributed by atoms with Gasteiger partial charge in [0.15, 0.2) is 5.96 Å². The molecule has 6 nitrogen and oxygen atoms in total. The Hall–Kier alpha value is -3.02. The van der Waals surface area contributed by atoms with E-state index in [-0.39, 0.29) is 18.5 Å². The van der Waals surface area contributed by atoms with Gasteiger partial charge >= 0.3 is 6.09 Å². The molecular formula is C20H26N4O2. The van der Waals surface area contributed by atoms with Gasteiger partial charge in [0.05, 0.1) is 5.69 Å². The summed E-state index contributed by atoms with van der Waals surface area (Å²) in [4.78, 5) is 16.1. The topological polar surface area (TPSA) is 103 Å². The summed E-state index contributed by atoms with van der Waals surface area (Å²) >= 11 is 0. The third-order valence-corrected chi connectivity index (χ3v) is 4.04. The van der Waals surface area contributed by atoms with E-state index in [4.69, 9.17) is 16.2 Å². The molecule has 0 radical (unpaired) electrons. The van der Waals surface area contributed by atoms with Crippen LogP contribution in [-0.2, 0) is 11.3 Å². The Morgan fingerprint density at radius 2 is 1.85 bits per heavy atom. The van der Waals surface area contributed by atoms with Gasteiger partial charge in [0.2, 0.25) is 0 Å². The normalized spacial score (nSPS) is 11.7. The molecule has 0 saturated carbocycles. The maximum atomic E-state index is 12.0. The van der Waals surface area contributed by atoms with Crippen molar-refractivity contribution in [3.8, 4) is 0 Å². The summed E-state index contributed by atoms with van der Waals surface area (Å²) in [6.07, 6.45) is -0.431. The van der Waals surface area contributed by atoms with Gasteiger partial charge in [-0.05, 0) is 29.2 Å². The number of ether oxygens (including phenoxy) is 1. The molecule has 0 aliphatic rings. The van der Waals surface area contributed by atoms with Gasteiger partial charge in [0.1, 0.15) is 6.61 Å². The standard InChI is InChI=1S/C20H26N4O2/c1-14(2)18(16-9-6-10-17(11-16)24-19(21)22)12-23-20(25)26-13-15-7-4-3-5-8-15/h3-11,14,18H,12-13H2,1-2H3,(H,23,25)(H4,21,22,24). The second-order valence-corrected chi connectivity index (χ2v) is 6.42. The van der Waals surface area contributed by atoms with Crippen LogP contribution in [0, 0.1) is 5.92 Å². The van der Waals surface area contributed by atoms with Crippen molar-refractivity contribution in [1.29, 1.82) is 0 Å². The van der Waals surface area contributed by atoms with Gasteiger partial charge in [-0.15, -0.1) is 0 Å². The van der Waals surface area contributed by atoms with Gasteiger partial charge in [-0.2, -0.15) is 0 Å². The van der Waals surface area contributed by atoms with Crippen molar-refractivity contribution in [1.82, 2.24) is 5.32 Å². The molecule has 0 aliphatic carbocycles. The number of carbonyl (C=O) groups is 1. The van der Waals surface area contributed by atoms with E-state index in [9.17, 15) is 4.79 Å². The van der Waals surface area contributed by atoms with Gasteiger partial charge in [0.25, 0.3) is 0 Å². The highest BCUT2D eigenvalue weighted by atomic mass is 16.5. The number of amides is 1. The Morgan fingerprint density at radius 1 is 1.12 bits per heavy atom. The number of rotatable bonds is 7. The Labute approximate surface area is 154 Å². The van der Waals surface area contributed by atoms with Crippen LogP contribution in [-0.4, -0.2) is 18.6 Å². The molecule has 2 aromatic carbocycles. The lowest BCUT2D eigenvalue weighted by atomic mass is 9.88. The van der Waals surface area contributed by atoms with Crippen LogP contribution >= 0.6 is 0 Å². The van der Waals surface area contributed by atoms with Crippen molar-refractivity contribution in [2.24, 2.45) is 22.4 Å². The second-order valence-electron chi connectivity index (χ2n) is 6.42. The fraction of sp³-hybridized carbons (Fsp3) is 0.300. The van der Waals surface area contributed by atoms with Gasteiger partial charge in [0, 0.05) is 12.5 Å². The molecule has 0 spiro atoms. The lowest BCUT2D eigenvalue weighted by Gasteiger charge is -2.22. The minimum Gasteiger partial charge on any atom is -0.445 e. The van der Waals surface area contributed by atoms with E-state index in [2.05, 4.69) is 24.2 Å². The fourth-order valence-electron chi connectivity index (χ4n) is 2.68. The van der Waals surface area contributed by atoms with E-state index >= 15 is 0 Å². The SMILES string of the molecule is CC(C)C(CNC(=O)OCc1ccccc1)c1cccc(N=C(N)N)c1. The number of carbonyl (C=O) groups excluding carboxylic acids is 1. The number of nitrogens with two attached hydrogens (primary N) is 2. The smallest absolute Gasteiger partial charge is 0.407 e. The number of nitrogens with one attached hydrogen (secondary N) is 1. The van der Waals surface area contributed by atoms with Gasteiger partial charge in [-0.1, -0.05) is 56.3 Å². The van der Waals surface area contributed by atoms with Crippen LogP contribution < -0.4 is 16.8 Å². The number of hydrogen-bond donors (Lipinski definition) is 3. The molecule has 2 aromatic rings. The minimum absolute atomic E-state index is 0.0193. The van der Waals surface area contributed by atoms with E-state index in [0.29, 0.717) is 18.2 Å². The highest BCUT2D eigenvalue weighted by Crippen LogP contribution is 2.27. The zero-order valence-electron chi connectivity index (χ0n) is 15.2. The molecular weight excluding hydrogens is 328 g/mol. The van der Waals surface area contributed by atoms with Gasteiger partial charge < -0.3 is 21.5 Å². The van der Waals surface area contributed by atoms with Crippen LogP contribution in [0.5, 0.6) is 0 Å². The molecule has 6 heteroatoms. The second kappa shape index (κ2) is 9.46. The van der Waals surface area contributed by atoms with Crippen LogP contribution in [0.25, 0.3) is 0 Å². The van der Waals surface area contributed by atoms with Crippen molar-refractivity contribution in [2.45, 2.75) is 26.4 Å². The van der Waals surface area contributed by atoms with Crippen molar-refractivity contribution < 1.29 is 9.53 Å². The van der Waals surface area contributed by atoms with E-state index < -0.39 is 6.09 Å². The van der Waals surface area contributed by atoms with Crippen molar-refractivity contribution >= 4 is 17.7 Å². The van der Waals surface area contributed by atoms with Crippen LogP contribution in [0.2, 0.25) is 0 Å². The first-order chi connectivity index (χ1) is 12.5. The van der Waals surface area contributed by atoms with E-state index in [1.807, 2.05) is 54.6 Å². The van der Waals surface area contributed by atoms with Crippen LogP contribution in [0.15, 0.2) is 59.6 Å². The molecule has 2 rings (SSSR count). The Kier molecular flexibility index (Phi) is 7.02. The molecule has 1 atom stereocenters. The predicted molar refractivity (Wildman–Crippen MR) is 104 cm³/mol. The highest BCUT2D eigenvalue weighted by Gasteiger charge is 2.17. The summed E-state index contributed by atoms with van der Waals surface area (Å²) < 4.78 is 5.27. The molecule has 26 heavy (non-hydrogen) atoms. The fourth-order valence-corrected chi connectivity index (χ4v) is 2.68. The van der Waals surface area contributed by atoms with Crippen LogP contribution in [0.4, 0.5) is 10.5 Å². The van der Waals surface area contributed by atoms with E-state index in [0.717, 1.165) is 11.1 Å². The average Bonchev–Trinajstić information content (AvgIpc) is 2.60. The minimum atomic E-state index is -0.431. The number of aliphatic imine (C=N–C) groups is 1. The first kappa shape index (κ1) is 19.3. The molecule has 0 bridgehead atoms. The summed E-state index contributed by atoms with van der Waals surface area (Å²) in [5.41, 5.74) is 13.6. The third kappa shape index (κ3) is 6.12. The summed E-state index contributed by atoms with van der Waals surface area (Å²) in [5.74, 6) is 0.457. The zero-order chi connectivity index (χ0) is 18.9. The quantitative estimate of drug-likeness (QED) is 0.524. The molecule has 5 N–H and O–H groups in total. The number of nitrogens with zero attached hydrogens (tertiary/aromatic N) is 1. The molecule has 1 unspecified atom stereocenters. The number of alkyl carbamates (subject to hydrolysis) is 1. The molecule has 0 saturated heterocycles. The lowest BCUT2D eigenvalue weighted by molar-refractivity contribution is 0.138. The van der Waals surface area contributed by atoms with Crippen molar-refractivity contribution in [3.63, 3.8) is 0 Å². The van der Waals surface area contributed by atoms with E-state index in [1.165, 1.54) is 0 Å². The predicted octanol–water partition coefficient (Wildman–Crippen LogP) is 3.26. The van der Waals surface area contributed by atoms with E-state index in [1.54, 1.807) is 0 Å². The molecule has 0 aliphatic heterocycles. The average molecular weight is 354 g/mol. The van der Waals surface area contributed by atoms with Crippen LogP contribution in [0.3, 0.4) is 0 Å². The maximum absolute atomic E-state index is 12.0. The Balaban J connectivity index is 1.96. The number of benzene rings is 2. The molecule has 0 aromatic heterocycles. The Morgan fingerprint density at radius 3 is 2.50 bits per heavy atom. The first-order valence-electron chi connectivity index (χ1n) is 8.60. The number of guanidine groups is 1. The largest absolute Gasteiger partial charge is 0.445 e. The summed E-state index contributed by atoms with van der Waals surface area (Å²) in [6, 6.07) is 17.3. The summed E-state index contributed by atoms with van der Waals surface area (Å²) in [7, 11) is 0. The Bertz CT molecular complexity index is 740. The highest BCUT2D eigenvalue weighted by molar-refractivity contribution is 5.79. The molecule has 138 valence electrons. The summed E-state index contributed by atoms with van der Waals surface area (Å²) in [6.45, 7) is 4.93. The van der Waals surface area contributed by atoms with Crippen LogP contribution in [0.1, 0.15) is 30.9 Å². The monoisotopic (exact) mass is 354 g/mol. The zero-order valence-corrected chi connectivity index (χ0v) is 15.2. The molecule has 1 amide bonds. The first-order valence-corrected chi connectivity index (χ1v) is 8.60. The number of hydrogen-bond acceptors (Lipinski definition) is 3. The maximum Gasteiger partial charge on any atom is 0.407 e. The third-order valence-electron chi connectivity index (χ3n) is 4.04. The summed E-state index contributed by atoms with van der Waals surface area (Å²) in [5, 5.41) is 2.85. The lowest BCUT2D eigenvalue weighted by Crippen LogP contribution is -2.30. The molecule has 0 fully saturated rings. The van der Waals surface area contributed by atoms with Gasteiger partial charge in [-0.25, -0.2) is 9.79 Å². The van der Waals surface area contributed by atoms with Crippen molar-refractivity contribution in [2.75, 3.05) is 6.54 Å². The molecule has 0 heterocycles.